The van der Waals surface area contributed by atoms with Crippen LogP contribution in [0.1, 0.15) is 61.8 Å². The molecule has 2 N–H and O–H groups in total. The number of hydrogen-bond acceptors (Lipinski definition) is 7. The highest BCUT2D eigenvalue weighted by atomic mass is 32.2. The molecule has 0 aliphatic heterocycles. The number of hydrogen-bond donors (Lipinski definition) is 2. The summed E-state index contributed by atoms with van der Waals surface area (Å²) in [6.45, 7) is 5.54. The predicted octanol–water partition coefficient (Wildman–Crippen LogP) is 6.32. The zero-order chi connectivity index (χ0) is 32.8. The number of nitrogens with one attached hydrogen (secondary N) is 2. The van der Waals surface area contributed by atoms with Crippen molar-refractivity contribution in [1.29, 1.82) is 0 Å². The Bertz CT molecular complexity index is 1730. The number of nitrogens with zero attached hydrogens (tertiary/aromatic N) is 4. The van der Waals surface area contributed by atoms with Gasteiger partial charge in [-0.3, -0.25) is 14.1 Å². The Morgan fingerprint density at radius 3 is 2.32 bits per heavy atom. The Labute approximate surface area is 253 Å². The van der Waals surface area contributed by atoms with Crippen LogP contribution in [0.5, 0.6) is 0 Å². The third-order valence-corrected chi connectivity index (χ3v) is 9.38. The molecule has 0 unspecified atom stereocenters. The molecule has 4 rings (SSSR count). The van der Waals surface area contributed by atoms with Crippen molar-refractivity contribution in [3.63, 3.8) is 0 Å². The summed E-state index contributed by atoms with van der Waals surface area (Å²) in [5, 5.41) is 3.58. The molecule has 0 spiro atoms. The van der Waals surface area contributed by atoms with Gasteiger partial charge in [0.25, 0.3) is 5.56 Å². The Balaban J connectivity index is 0.00000368. The summed E-state index contributed by atoms with van der Waals surface area (Å²) in [6.07, 6.45) is -1.58. The summed E-state index contributed by atoms with van der Waals surface area (Å²) in [4.78, 5) is 24.7. The number of pyridine rings is 1. The van der Waals surface area contributed by atoms with Crippen molar-refractivity contribution in [1.82, 2.24) is 19.4 Å². The van der Waals surface area contributed by atoms with Crippen LogP contribution in [-0.4, -0.2) is 65.5 Å². The van der Waals surface area contributed by atoms with E-state index in [2.05, 4.69) is 27.1 Å². The lowest BCUT2D eigenvalue weighted by molar-refractivity contribution is -0.129. The van der Waals surface area contributed by atoms with Crippen LogP contribution < -0.4 is 15.6 Å². The van der Waals surface area contributed by atoms with E-state index in [0.29, 0.717) is 6.07 Å². The fourth-order valence-electron chi connectivity index (χ4n) is 5.22. The van der Waals surface area contributed by atoms with Crippen LogP contribution in [0.3, 0.4) is 0 Å². The lowest BCUT2D eigenvalue weighted by Gasteiger charge is -2.42. The highest BCUT2D eigenvalue weighted by Crippen LogP contribution is 2.34. The Kier molecular flexibility index (Phi) is 9.27. The minimum atomic E-state index is -4.89. The van der Waals surface area contributed by atoms with E-state index in [4.69, 9.17) is 0 Å². The van der Waals surface area contributed by atoms with Crippen molar-refractivity contribution < 1.29 is 37.6 Å². The predicted molar refractivity (Wildman–Crippen MR) is 160 cm³/mol. The maximum absolute atomic E-state index is 15.3. The number of sulfonamides is 1. The zero-order valence-corrected chi connectivity index (χ0v) is 25.6. The van der Waals surface area contributed by atoms with E-state index >= 15 is 4.39 Å². The molecule has 246 valence electrons. The summed E-state index contributed by atoms with van der Waals surface area (Å²) in [5.41, 5.74) is -3.30. The summed E-state index contributed by atoms with van der Waals surface area (Å²) < 4.78 is 109. The number of benzene rings is 1. The molecule has 1 saturated carbocycles. The van der Waals surface area contributed by atoms with Gasteiger partial charge in [0.1, 0.15) is 11.3 Å². The van der Waals surface area contributed by atoms with Gasteiger partial charge in [0.05, 0.1) is 17.7 Å². The van der Waals surface area contributed by atoms with Gasteiger partial charge < -0.3 is 10.2 Å². The molecule has 2 aromatic heterocycles. The molecule has 3 aromatic rings. The first-order valence-corrected chi connectivity index (χ1v) is 15.6. The van der Waals surface area contributed by atoms with E-state index in [1.54, 1.807) is 13.8 Å². The second-order valence-corrected chi connectivity index (χ2v) is 13.6. The van der Waals surface area contributed by atoms with Gasteiger partial charge in [-0.2, -0.15) is 18.2 Å². The monoisotopic (exact) mass is 652 g/mol. The standard InChI is InChI=1S/C28H34F6N6O3S.2H2/c1-15(2)40-24-16(14-35-26(37-24)36-17-6-8-27(3,9-7-17)39(4)5)12-19(25(40)41)18-13-20(29)23(22(31)21(18)30)38-44(42,43)11-10-28(32,33)34;;/h12-15,17,38H,6-11H2,1-5H3,(H,35,36,37);2*1H. The van der Waals surface area contributed by atoms with E-state index in [9.17, 15) is 35.2 Å². The van der Waals surface area contributed by atoms with E-state index in [-0.39, 0.29) is 31.4 Å². The van der Waals surface area contributed by atoms with Gasteiger partial charge in [0.15, 0.2) is 17.5 Å². The zero-order valence-electron chi connectivity index (χ0n) is 24.8. The number of halogens is 6. The summed E-state index contributed by atoms with van der Waals surface area (Å²) in [7, 11) is -0.797. The molecule has 0 bridgehead atoms. The SMILES string of the molecule is CC(C)n1c(=O)c(-c2cc(F)c(NS(=O)(=O)CCC(F)(F)F)c(F)c2F)cc2cnc(NC3CCC(C)(N(C)C)CC3)nc21.[HH].[HH]. The molecule has 9 nitrogen and oxygen atoms in total. The first-order chi connectivity index (χ1) is 20.3. The number of alkyl halides is 3. The van der Waals surface area contributed by atoms with E-state index in [1.807, 2.05) is 14.1 Å². The van der Waals surface area contributed by atoms with Crippen LogP contribution >= 0.6 is 0 Å². The van der Waals surface area contributed by atoms with E-state index in [1.165, 1.54) is 21.6 Å². The average molecular weight is 653 g/mol. The second kappa shape index (κ2) is 12.2. The molecule has 0 radical (unpaired) electrons. The summed E-state index contributed by atoms with van der Waals surface area (Å²) in [6, 6.07) is 1.16. The smallest absolute Gasteiger partial charge is 0.351 e. The van der Waals surface area contributed by atoms with Crippen molar-refractivity contribution in [2.45, 2.75) is 76.7 Å². The summed E-state index contributed by atoms with van der Waals surface area (Å²) in [5.74, 6) is -6.66. The molecule has 1 aliphatic rings. The van der Waals surface area contributed by atoms with Crippen LogP contribution in [-0.2, 0) is 10.0 Å². The van der Waals surface area contributed by atoms with E-state index < -0.39 is 74.2 Å². The van der Waals surface area contributed by atoms with Gasteiger partial charge in [-0.15, -0.1) is 0 Å². The molecule has 1 aliphatic carbocycles. The molecule has 44 heavy (non-hydrogen) atoms. The molecule has 16 heteroatoms. The quantitative estimate of drug-likeness (QED) is 0.206. The van der Waals surface area contributed by atoms with Crippen molar-refractivity contribution in [2.75, 3.05) is 29.9 Å². The van der Waals surface area contributed by atoms with Crippen LogP contribution in [0.25, 0.3) is 22.2 Å². The molecule has 0 amide bonds. The lowest BCUT2D eigenvalue weighted by atomic mass is 9.80. The van der Waals surface area contributed by atoms with Crippen molar-refractivity contribution in [3.8, 4) is 11.1 Å². The van der Waals surface area contributed by atoms with Crippen molar-refractivity contribution >= 4 is 32.7 Å². The Morgan fingerprint density at radius 1 is 1.11 bits per heavy atom. The normalized spacial score (nSPS) is 19.6. The number of rotatable bonds is 9. The molecule has 2 heterocycles. The number of anilines is 2. The third kappa shape index (κ3) is 7.11. The van der Waals surface area contributed by atoms with Crippen molar-refractivity contribution in [3.05, 3.63) is 46.1 Å². The van der Waals surface area contributed by atoms with Gasteiger partial charge in [0.2, 0.25) is 16.0 Å². The lowest BCUT2D eigenvalue weighted by Crippen LogP contribution is -2.46. The maximum Gasteiger partial charge on any atom is 0.390 e. The minimum Gasteiger partial charge on any atom is -0.351 e. The van der Waals surface area contributed by atoms with Crippen LogP contribution in [0, 0.1) is 17.5 Å². The van der Waals surface area contributed by atoms with Crippen LogP contribution in [0.4, 0.5) is 38.0 Å². The highest BCUT2D eigenvalue weighted by molar-refractivity contribution is 7.92. The number of aromatic nitrogens is 3. The molecular weight excluding hydrogens is 614 g/mol. The van der Waals surface area contributed by atoms with Crippen LogP contribution in [0.2, 0.25) is 0 Å². The first-order valence-electron chi connectivity index (χ1n) is 13.9. The summed E-state index contributed by atoms with van der Waals surface area (Å²) >= 11 is 0. The minimum absolute atomic E-state index is 0. The largest absolute Gasteiger partial charge is 0.390 e. The fraction of sp³-hybridized carbons (Fsp3) is 0.536. The fourth-order valence-corrected chi connectivity index (χ4v) is 6.32. The van der Waals surface area contributed by atoms with Crippen LogP contribution in [0.15, 0.2) is 23.1 Å². The van der Waals surface area contributed by atoms with Gasteiger partial charge in [-0.1, -0.05) is 0 Å². The molecule has 1 fully saturated rings. The third-order valence-electron chi connectivity index (χ3n) is 8.13. The Hall–Kier alpha value is -3.40. The first kappa shape index (κ1) is 33.5. The molecule has 0 saturated heterocycles. The molecular formula is C28H38F6N6O3S. The topological polar surface area (TPSA) is 109 Å². The van der Waals surface area contributed by atoms with Gasteiger partial charge in [0, 0.05) is 37.6 Å². The number of fused-ring (bicyclic) bond motifs is 1. The molecule has 1 aromatic carbocycles. The highest BCUT2D eigenvalue weighted by Gasteiger charge is 2.34. The van der Waals surface area contributed by atoms with Gasteiger partial charge in [-0.05, 0) is 72.7 Å². The average Bonchev–Trinajstić information content (AvgIpc) is 2.92. The maximum atomic E-state index is 15.3. The van der Waals surface area contributed by atoms with Gasteiger partial charge >= 0.3 is 6.18 Å². The second-order valence-electron chi connectivity index (χ2n) is 11.8. The Morgan fingerprint density at radius 2 is 1.75 bits per heavy atom. The van der Waals surface area contributed by atoms with E-state index in [0.717, 1.165) is 25.7 Å². The van der Waals surface area contributed by atoms with Crippen molar-refractivity contribution in [2.24, 2.45) is 0 Å². The van der Waals surface area contributed by atoms with Gasteiger partial charge in [-0.25, -0.2) is 26.6 Å². The molecule has 0 atom stereocenters.